The molecule has 1 heterocycles. The van der Waals surface area contributed by atoms with Crippen LogP contribution in [-0.2, 0) is 13.6 Å². The second-order valence-electron chi connectivity index (χ2n) is 5.29. The lowest BCUT2D eigenvalue weighted by Crippen LogP contribution is -2.18. The number of hydrogen-bond acceptors (Lipinski definition) is 2. The van der Waals surface area contributed by atoms with Gasteiger partial charge in [-0.1, -0.05) is 29.8 Å². The van der Waals surface area contributed by atoms with Crippen molar-refractivity contribution in [3.8, 4) is 0 Å². The number of nitrogens with one attached hydrogen (secondary N) is 1. The zero-order chi connectivity index (χ0) is 14.0. The van der Waals surface area contributed by atoms with Crippen molar-refractivity contribution < 1.29 is 0 Å². The van der Waals surface area contributed by atoms with Gasteiger partial charge in [-0.2, -0.15) is 5.10 Å². The Hall–Kier alpha value is -1.61. The van der Waals surface area contributed by atoms with E-state index in [1.807, 2.05) is 11.7 Å². The van der Waals surface area contributed by atoms with E-state index in [0.29, 0.717) is 6.04 Å². The number of nitrogens with zero attached hydrogens (tertiary/aromatic N) is 2. The fourth-order valence-electron chi connectivity index (χ4n) is 2.30. The van der Waals surface area contributed by atoms with Crippen LogP contribution in [0.4, 0.5) is 0 Å². The molecule has 0 aliphatic rings. The van der Waals surface area contributed by atoms with E-state index in [4.69, 9.17) is 0 Å². The van der Waals surface area contributed by atoms with E-state index in [1.165, 1.54) is 22.4 Å². The number of rotatable bonds is 4. The van der Waals surface area contributed by atoms with Crippen molar-refractivity contribution in [1.82, 2.24) is 15.1 Å². The second-order valence-corrected chi connectivity index (χ2v) is 5.29. The summed E-state index contributed by atoms with van der Waals surface area (Å²) in [5.41, 5.74) is 6.28. The summed E-state index contributed by atoms with van der Waals surface area (Å²) in [5.74, 6) is 0. The summed E-state index contributed by atoms with van der Waals surface area (Å²) in [5, 5.41) is 8.03. The van der Waals surface area contributed by atoms with Gasteiger partial charge in [-0.3, -0.25) is 4.68 Å². The summed E-state index contributed by atoms with van der Waals surface area (Å²) >= 11 is 0. The molecule has 0 aliphatic carbocycles. The first kappa shape index (κ1) is 13.8. The normalized spacial score (nSPS) is 12.7. The van der Waals surface area contributed by atoms with Crippen molar-refractivity contribution in [1.29, 1.82) is 0 Å². The molecule has 1 aromatic carbocycles. The van der Waals surface area contributed by atoms with Crippen LogP contribution in [-0.4, -0.2) is 9.78 Å². The van der Waals surface area contributed by atoms with Crippen molar-refractivity contribution in [2.45, 2.75) is 40.3 Å². The fraction of sp³-hybridized carbons (Fsp3) is 0.438. The topological polar surface area (TPSA) is 29.9 Å². The predicted molar refractivity (Wildman–Crippen MR) is 79.1 cm³/mol. The Morgan fingerprint density at radius 3 is 2.32 bits per heavy atom. The average Bonchev–Trinajstić information content (AvgIpc) is 2.62. The molecule has 0 bridgehead atoms. The molecule has 102 valence electrons. The first-order chi connectivity index (χ1) is 8.99. The van der Waals surface area contributed by atoms with Gasteiger partial charge in [0.25, 0.3) is 0 Å². The summed E-state index contributed by atoms with van der Waals surface area (Å²) in [6.07, 6.45) is 0. The van der Waals surface area contributed by atoms with Crippen LogP contribution in [0.1, 0.15) is 41.0 Å². The van der Waals surface area contributed by atoms with Gasteiger partial charge in [0.1, 0.15) is 0 Å². The highest BCUT2D eigenvalue weighted by molar-refractivity contribution is 5.26. The molecule has 0 saturated carbocycles. The number of benzene rings is 1. The van der Waals surface area contributed by atoms with Crippen LogP contribution in [0.2, 0.25) is 0 Å². The Morgan fingerprint density at radius 2 is 1.79 bits per heavy atom. The minimum Gasteiger partial charge on any atom is -0.306 e. The molecular formula is C16H23N3. The summed E-state index contributed by atoms with van der Waals surface area (Å²) in [6.45, 7) is 9.37. The zero-order valence-corrected chi connectivity index (χ0v) is 12.5. The highest BCUT2D eigenvalue weighted by Gasteiger charge is 2.11. The van der Waals surface area contributed by atoms with Crippen LogP contribution in [0.3, 0.4) is 0 Å². The van der Waals surface area contributed by atoms with Gasteiger partial charge in [0.15, 0.2) is 0 Å². The third kappa shape index (κ3) is 3.04. The van der Waals surface area contributed by atoms with Gasteiger partial charge in [-0.25, -0.2) is 0 Å². The summed E-state index contributed by atoms with van der Waals surface area (Å²) < 4.78 is 1.95. The van der Waals surface area contributed by atoms with Gasteiger partial charge in [0.2, 0.25) is 0 Å². The van der Waals surface area contributed by atoms with Crippen molar-refractivity contribution in [3.63, 3.8) is 0 Å². The zero-order valence-electron chi connectivity index (χ0n) is 12.5. The quantitative estimate of drug-likeness (QED) is 0.911. The van der Waals surface area contributed by atoms with E-state index in [0.717, 1.165) is 12.2 Å². The lowest BCUT2D eigenvalue weighted by atomic mass is 10.1. The number of aromatic nitrogens is 2. The van der Waals surface area contributed by atoms with Gasteiger partial charge in [0.05, 0.1) is 5.69 Å². The van der Waals surface area contributed by atoms with Gasteiger partial charge >= 0.3 is 0 Å². The van der Waals surface area contributed by atoms with Crippen molar-refractivity contribution in [2.75, 3.05) is 0 Å². The van der Waals surface area contributed by atoms with Crippen LogP contribution in [0.25, 0.3) is 0 Å². The van der Waals surface area contributed by atoms with E-state index in [1.54, 1.807) is 0 Å². The molecule has 0 saturated heterocycles. The molecule has 3 nitrogen and oxygen atoms in total. The Bertz CT molecular complexity index is 552. The van der Waals surface area contributed by atoms with Crippen LogP contribution in [0.15, 0.2) is 24.3 Å². The lowest BCUT2D eigenvalue weighted by molar-refractivity contribution is 0.571. The molecule has 1 atom stereocenters. The maximum absolute atomic E-state index is 4.45. The smallest absolute Gasteiger partial charge is 0.0641 e. The molecule has 2 rings (SSSR count). The minimum atomic E-state index is 0.347. The van der Waals surface area contributed by atoms with E-state index in [9.17, 15) is 0 Å². The Balaban J connectivity index is 2.04. The van der Waals surface area contributed by atoms with Crippen LogP contribution in [0, 0.1) is 20.8 Å². The highest BCUT2D eigenvalue weighted by Crippen LogP contribution is 2.16. The molecular weight excluding hydrogens is 234 g/mol. The molecule has 1 N–H and O–H groups in total. The number of hydrogen-bond donors (Lipinski definition) is 1. The van der Waals surface area contributed by atoms with Gasteiger partial charge in [-0.15, -0.1) is 0 Å². The molecule has 0 radical (unpaired) electrons. The molecule has 1 aromatic heterocycles. The summed E-state index contributed by atoms with van der Waals surface area (Å²) in [7, 11) is 2.00. The van der Waals surface area contributed by atoms with E-state index < -0.39 is 0 Å². The third-order valence-corrected chi connectivity index (χ3v) is 3.82. The van der Waals surface area contributed by atoms with E-state index >= 15 is 0 Å². The molecule has 0 amide bonds. The van der Waals surface area contributed by atoms with Crippen molar-refractivity contribution in [3.05, 3.63) is 52.3 Å². The molecule has 0 fully saturated rings. The van der Waals surface area contributed by atoms with E-state index in [-0.39, 0.29) is 0 Å². The Labute approximate surface area is 115 Å². The van der Waals surface area contributed by atoms with Crippen molar-refractivity contribution in [2.24, 2.45) is 7.05 Å². The standard InChI is InChI=1S/C16H23N3/c1-11-6-8-15(9-7-11)12(2)17-10-16-13(3)18-19(5)14(16)4/h6-9,12,17H,10H2,1-5H3/t12-/m1/s1. The maximum Gasteiger partial charge on any atom is 0.0641 e. The first-order valence-corrected chi connectivity index (χ1v) is 6.78. The summed E-state index contributed by atoms with van der Waals surface area (Å²) in [4.78, 5) is 0. The van der Waals surface area contributed by atoms with Gasteiger partial charge in [-0.05, 0) is 33.3 Å². The molecule has 3 heteroatoms. The molecule has 0 spiro atoms. The largest absolute Gasteiger partial charge is 0.306 e. The van der Waals surface area contributed by atoms with Gasteiger partial charge in [0, 0.05) is 30.9 Å². The van der Waals surface area contributed by atoms with Crippen LogP contribution in [0.5, 0.6) is 0 Å². The fourth-order valence-corrected chi connectivity index (χ4v) is 2.30. The monoisotopic (exact) mass is 257 g/mol. The average molecular weight is 257 g/mol. The molecule has 2 aromatic rings. The molecule has 0 unspecified atom stereocenters. The summed E-state index contributed by atoms with van der Waals surface area (Å²) in [6, 6.07) is 9.05. The lowest BCUT2D eigenvalue weighted by Gasteiger charge is -2.14. The predicted octanol–water partition coefficient (Wildman–Crippen LogP) is 3.20. The first-order valence-electron chi connectivity index (χ1n) is 6.78. The molecule has 19 heavy (non-hydrogen) atoms. The maximum atomic E-state index is 4.45. The highest BCUT2D eigenvalue weighted by atomic mass is 15.3. The molecule has 0 aliphatic heterocycles. The van der Waals surface area contributed by atoms with E-state index in [2.05, 4.69) is 62.4 Å². The minimum absolute atomic E-state index is 0.347. The second kappa shape index (κ2) is 5.57. The van der Waals surface area contributed by atoms with Gasteiger partial charge < -0.3 is 5.32 Å². The SMILES string of the molecule is Cc1ccc([C@@H](C)NCc2c(C)nn(C)c2C)cc1. The third-order valence-electron chi connectivity index (χ3n) is 3.82. The Morgan fingerprint density at radius 1 is 1.16 bits per heavy atom. The van der Waals surface area contributed by atoms with Crippen LogP contribution >= 0.6 is 0 Å². The van der Waals surface area contributed by atoms with Crippen LogP contribution < -0.4 is 5.32 Å². The number of aryl methyl sites for hydroxylation is 3. The van der Waals surface area contributed by atoms with Crippen molar-refractivity contribution >= 4 is 0 Å². The Kier molecular flexibility index (Phi) is 4.05.